The quantitative estimate of drug-likeness (QED) is 0.219. The summed E-state index contributed by atoms with van der Waals surface area (Å²) in [5, 5.41) is 22.0. The predicted molar refractivity (Wildman–Crippen MR) is 96.8 cm³/mol. The average molecular weight is 429 g/mol. The van der Waals surface area contributed by atoms with Gasteiger partial charge in [-0.3, -0.25) is 24.0 Å². The Hall–Kier alpha value is -3.52. The highest BCUT2D eigenvalue weighted by molar-refractivity contribution is 7.89. The fourth-order valence-corrected chi connectivity index (χ4v) is 2.29. The van der Waals surface area contributed by atoms with Crippen molar-refractivity contribution in [3.63, 3.8) is 0 Å². The zero-order chi connectivity index (χ0) is 22.0. The molecule has 158 valence electrons. The van der Waals surface area contributed by atoms with Crippen LogP contribution in [0.3, 0.4) is 0 Å². The summed E-state index contributed by atoms with van der Waals surface area (Å²) in [6.45, 7) is -1.98. The molecule has 0 unspecified atom stereocenters. The van der Waals surface area contributed by atoms with Crippen molar-refractivity contribution in [3.05, 3.63) is 29.8 Å². The lowest BCUT2D eigenvalue weighted by atomic mass is 10.2. The van der Waals surface area contributed by atoms with Crippen molar-refractivity contribution in [2.75, 3.05) is 26.2 Å². The zero-order valence-corrected chi connectivity index (χ0v) is 15.7. The number of carboxylic acids is 1. The van der Waals surface area contributed by atoms with Gasteiger partial charge < -0.3 is 26.4 Å². The first kappa shape index (κ1) is 23.5. The van der Waals surface area contributed by atoms with Gasteiger partial charge in [0.2, 0.25) is 27.7 Å². The van der Waals surface area contributed by atoms with Gasteiger partial charge in [0, 0.05) is 5.56 Å². The Kier molecular flexibility index (Phi) is 8.69. The number of hydrogen-bond acceptors (Lipinski definition) is 7. The Bertz CT molecular complexity index is 898. The second kappa shape index (κ2) is 10.7. The molecule has 0 atom stereocenters. The van der Waals surface area contributed by atoms with Gasteiger partial charge in [-0.2, -0.15) is 0 Å². The smallest absolute Gasteiger partial charge is 0.322 e. The number of amides is 4. The highest BCUT2D eigenvalue weighted by atomic mass is 32.2. The maximum atomic E-state index is 11.9. The minimum atomic E-state index is -3.89. The third-order valence-electron chi connectivity index (χ3n) is 3.18. The topological polar surface area (TPSA) is 214 Å². The number of carbonyl (C=O) groups excluding carboxylic acids is 4. The van der Waals surface area contributed by atoms with Crippen molar-refractivity contribution in [1.29, 1.82) is 0 Å². The number of sulfonamides is 1. The van der Waals surface area contributed by atoms with E-state index in [0.29, 0.717) is 0 Å². The summed E-state index contributed by atoms with van der Waals surface area (Å²) >= 11 is 0. The van der Waals surface area contributed by atoms with Crippen LogP contribution < -0.4 is 26.4 Å². The standard InChI is InChI=1S/C15H19N5O8S/c16-29(27,28)10-3-1-9(2-4-10)15(26)20-7-13(23)18-5-11(21)17-6-12(22)19-8-14(24)25/h1-4H,5-8H2,(H,17,21)(H,18,23)(H,19,22)(H,20,26)(H,24,25)(H2,16,27,28). The number of rotatable bonds is 10. The molecule has 1 rings (SSSR count). The molecule has 13 nitrogen and oxygen atoms in total. The molecule has 0 saturated heterocycles. The summed E-state index contributed by atoms with van der Waals surface area (Å²) in [4.78, 5) is 56.3. The monoisotopic (exact) mass is 429 g/mol. The first-order valence-corrected chi connectivity index (χ1v) is 9.46. The molecule has 0 aliphatic rings. The van der Waals surface area contributed by atoms with E-state index in [1.807, 2.05) is 5.32 Å². The highest BCUT2D eigenvalue weighted by Crippen LogP contribution is 2.08. The van der Waals surface area contributed by atoms with Crippen molar-refractivity contribution < 1.29 is 37.5 Å². The molecule has 0 aromatic heterocycles. The highest BCUT2D eigenvalue weighted by Gasteiger charge is 2.12. The molecular weight excluding hydrogens is 410 g/mol. The van der Waals surface area contributed by atoms with Crippen molar-refractivity contribution >= 4 is 39.6 Å². The molecule has 0 fully saturated rings. The third kappa shape index (κ3) is 9.30. The number of aliphatic carboxylic acids is 1. The minimum Gasteiger partial charge on any atom is -0.480 e. The Morgan fingerprint density at radius 3 is 1.59 bits per heavy atom. The van der Waals surface area contributed by atoms with Crippen molar-refractivity contribution in [1.82, 2.24) is 21.3 Å². The number of hydrogen-bond donors (Lipinski definition) is 6. The van der Waals surface area contributed by atoms with Crippen LogP contribution in [0.15, 0.2) is 29.2 Å². The van der Waals surface area contributed by atoms with Crippen LogP contribution in [-0.2, 0) is 29.2 Å². The van der Waals surface area contributed by atoms with E-state index in [4.69, 9.17) is 10.2 Å². The molecule has 0 spiro atoms. The van der Waals surface area contributed by atoms with Crippen molar-refractivity contribution in [2.45, 2.75) is 4.90 Å². The van der Waals surface area contributed by atoms with Gasteiger partial charge in [0.1, 0.15) is 6.54 Å². The van der Waals surface area contributed by atoms with Gasteiger partial charge in [-0.15, -0.1) is 0 Å². The normalized spacial score (nSPS) is 10.5. The molecule has 1 aromatic carbocycles. The largest absolute Gasteiger partial charge is 0.480 e. The van der Waals surface area contributed by atoms with Crippen molar-refractivity contribution in [3.8, 4) is 0 Å². The lowest BCUT2D eigenvalue weighted by Gasteiger charge is -2.08. The third-order valence-corrected chi connectivity index (χ3v) is 4.11. The molecule has 7 N–H and O–H groups in total. The van der Waals surface area contributed by atoms with Gasteiger partial charge in [0.25, 0.3) is 5.91 Å². The first-order valence-electron chi connectivity index (χ1n) is 7.92. The van der Waals surface area contributed by atoms with Crippen LogP contribution in [0.2, 0.25) is 0 Å². The van der Waals surface area contributed by atoms with E-state index < -0.39 is 65.8 Å². The summed E-state index contributed by atoms with van der Waals surface area (Å²) in [6, 6.07) is 4.72. The Labute approximate surface area is 165 Å². The zero-order valence-electron chi connectivity index (χ0n) is 14.9. The summed E-state index contributed by atoms with van der Waals surface area (Å²) in [6.07, 6.45) is 0. The molecule has 0 radical (unpaired) electrons. The second-order valence-corrected chi connectivity index (χ2v) is 7.04. The number of nitrogens with two attached hydrogens (primary N) is 1. The summed E-state index contributed by atoms with van der Waals surface area (Å²) < 4.78 is 22.3. The molecular formula is C15H19N5O8S. The summed E-state index contributed by atoms with van der Waals surface area (Å²) in [5.41, 5.74) is 0.0929. The van der Waals surface area contributed by atoms with Crippen LogP contribution >= 0.6 is 0 Å². The van der Waals surface area contributed by atoms with Gasteiger partial charge in [0.05, 0.1) is 24.5 Å². The summed E-state index contributed by atoms with van der Waals surface area (Å²) in [7, 11) is -3.89. The first-order chi connectivity index (χ1) is 13.5. The fraction of sp³-hybridized carbons (Fsp3) is 0.267. The van der Waals surface area contributed by atoms with E-state index >= 15 is 0 Å². The number of carboxylic acid groups (broad SMARTS) is 1. The second-order valence-electron chi connectivity index (χ2n) is 5.48. The van der Waals surface area contributed by atoms with Gasteiger partial charge in [-0.25, -0.2) is 13.6 Å². The van der Waals surface area contributed by atoms with E-state index in [2.05, 4.69) is 16.0 Å². The molecule has 29 heavy (non-hydrogen) atoms. The van der Waals surface area contributed by atoms with E-state index in [9.17, 15) is 32.4 Å². The lowest BCUT2D eigenvalue weighted by Crippen LogP contribution is -2.44. The maximum absolute atomic E-state index is 11.9. The van der Waals surface area contributed by atoms with Gasteiger partial charge in [0.15, 0.2) is 0 Å². The Morgan fingerprint density at radius 1 is 0.759 bits per heavy atom. The van der Waals surface area contributed by atoms with Crippen LogP contribution in [0.25, 0.3) is 0 Å². The lowest BCUT2D eigenvalue weighted by molar-refractivity contribution is -0.137. The fourth-order valence-electron chi connectivity index (χ4n) is 1.78. The number of primary sulfonamides is 1. The molecule has 0 heterocycles. The van der Waals surface area contributed by atoms with Crippen LogP contribution in [0.5, 0.6) is 0 Å². The van der Waals surface area contributed by atoms with Crippen LogP contribution in [-0.4, -0.2) is 69.3 Å². The Morgan fingerprint density at radius 2 is 1.17 bits per heavy atom. The van der Waals surface area contributed by atoms with E-state index in [-0.39, 0.29) is 10.5 Å². The van der Waals surface area contributed by atoms with Crippen LogP contribution in [0.1, 0.15) is 10.4 Å². The van der Waals surface area contributed by atoms with Crippen LogP contribution in [0.4, 0.5) is 0 Å². The summed E-state index contributed by atoms with van der Waals surface area (Å²) in [5.74, 6) is -3.99. The number of carbonyl (C=O) groups is 5. The Balaban J connectivity index is 2.32. The van der Waals surface area contributed by atoms with E-state index in [1.54, 1.807) is 0 Å². The van der Waals surface area contributed by atoms with Crippen LogP contribution in [0, 0.1) is 0 Å². The van der Waals surface area contributed by atoms with Gasteiger partial charge >= 0.3 is 5.97 Å². The molecule has 0 saturated carbocycles. The predicted octanol–water partition coefficient (Wildman–Crippen LogP) is -3.50. The SMILES string of the molecule is NS(=O)(=O)c1ccc(C(=O)NCC(=O)NCC(=O)NCC(=O)NCC(=O)O)cc1. The van der Waals surface area contributed by atoms with E-state index in [1.165, 1.54) is 12.1 Å². The molecule has 0 bridgehead atoms. The van der Waals surface area contributed by atoms with E-state index in [0.717, 1.165) is 12.1 Å². The molecule has 0 aliphatic heterocycles. The molecule has 0 aliphatic carbocycles. The van der Waals surface area contributed by atoms with Gasteiger partial charge in [-0.1, -0.05) is 0 Å². The molecule has 4 amide bonds. The average Bonchev–Trinajstić information content (AvgIpc) is 2.66. The molecule has 14 heteroatoms. The van der Waals surface area contributed by atoms with Crippen molar-refractivity contribution in [2.24, 2.45) is 5.14 Å². The van der Waals surface area contributed by atoms with Gasteiger partial charge in [-0.05, 0) is 24.3 Å². The number of benzene rings is 1. The number of nitrogens with one attached hydrogen (secondary N) is 4. The molecule has 1 aromatic rings. The maximum Gasteiger partial charge on any atom is 0.322 e. The minimum absolute atomic E-state index is 0.0929.